The minimum atomic E-state index is -0.522. The molecule has 0 fully saturated rings. The molecule has 174 valence electrons. The van der Waals surface area contributed by atoms with Crippen LogP contribution >= 0.6 is 0 Å². The van der Waals surface area contributed by atoms with E-state index in [1.807, 2.05) is 54.7 Å². The fourth-order valence-corrected chi connectivity index (χ4v) is 4.63. The molecule has 2 aromatic carbocycles. The van der Waals surface area contributed by atoms with Gasteiger partial charge in [0, 0.05) is 36.2 Å². The van der Waals surface area contributed by atoms with E-state index in [4.69, 9.17) is 10.8 Å². The number of halogens is 1. The van der Waals surface area contributed by atoms with Crippen LogP contribution < -0.4 is 11.1 Å². The van der Waals surface area contributed by atoms with Gasteiger partial charge in [-0.15, -0.1) is 0 Å². The number of benzene rings is 2. The smallest absolute Gasteiger partial charge is 0.227 e. The van der Waals surface area contributed by atoms with Gasteiger partial charge in [0.15, 0.2) is 5.82 Å². The van der Waals surface area contributed by atoms with Gasteiger partial charge in [-0.1, -0.05) is 24.3 Å². The molecular formula is C27H24FN7. The predicted molar refractivity (Wildman–Crippen MR) is 136 cm³/mol. The lowest BCUT2D eigenvalue weighted by Crippen LogP contribution is -2.26. The number of nitrogens with one attached hydrogen (secondary N) is 1. The van der Waals surface area contributed by atoms with Crippen molar-refractivity contribution >= 4 is 22.8 Å². The molecule has 0 saturated heterocycles. The van der Waals surface area contributed by atoms with Gasteiger partial charge in [-0.3, -0.25) is 0 Å². The summed E-state index contributed by atoms with van der Waals surface area (Å²) in [7, 11) is 2.12. The molecule has 0 spiro atoms. The van der Waals surface area contributed by atoms with Crippen molar-refractivity contribution in [1.82, 2.24) is 24.5 Å². The monoisotopic (exact) mass is 465 g/mol. The quantitative estimate of drug-likeness (QED) is 0.367. The number of nitrogen functional groups attached to an aromatic ring is 1. The zero-order chi connectivity index (χ0) is 23.9. The number of hydrogen-bond acceptors (Lipinski definition) is 6. The van der Waals surface area contributed by atoms with Crippen molar-refractivity contribution in [2.24, 2.45) is 0 Å². The fourth-order valence-electron chi connectivity index (χ4n) is 4.63. The van der Waals surface area contributed by atoms with Crippen molar-refractivity contribution in [3.63, 3.8) is 0 Å². The molecule has 0 bridgehead atoms. The average molecular weight is 466 g/mol. The van der Waals surface area contributed by atoms with Gasteiger partial charge >= 0.3 is 0 Å². The number of fused-ring (bicyclic) bond motifs is 2. The van der Waals surface area contributed by atoms with Gasteiger partial charge in [-0.25, -0.2) is 18.9 Å². The van der Waals surface area contributed by atoms with Crippen LogP contribution in [0.3, 0.4) is 0 Å². The second kappa shape index (κ2) is 8.48. The summed E-state index contributed by atoms with van der Waals surface area (Å²) < 4.78 is 16.9. The van der Waals surface area contributed by atoms with Crippen molar-refractivity contribution in [1.29, 1.82) is 0 Å². The van der Waals surface area contributed by atoms with Crippen molar-refractivity contribution in [3.05, 3.63) is 90.0 Å². The Morgan fingerprint density at radius 1 is 1.00 bits per heavy atom. The van der Waals surface area contributed by atoms with E-state index in [1.165, 1.54) is 17.3 Å². The van der Waals surface area contributed by atoms with Gasteiger partial charge in [-0.05, 0) is 61.0 Å². The number of nitrogens with zero attached hydrogens (tertiary/aromatic N) is 5. The summed E-state index contributed by atoms with van der Waals surface area (Å²) in [6.45, 7) is 1.95. The van der Waals surface area contributed by atoms with Crippen LogP contribution in [0.4, 0.5) is 21.7 Å². The molecule has 4 heterocycles. The Morgan fingerprint density at radius 3 is 2.80 bits per heavy atom. The maximum atomic E-state index is 15.2. The highest BCUT2D eigenvalue weighted by atomic mass is 19.1. The Morgan fingerprint density at radius 2 is 1.91 bits per heavy atom. The lowest BCUT2D eigenvalue weighted by Gasteiger charge is -2.25. The van der Waals surface area contributed by atoms with E-state index >= 15 is 4.39 Å². The minimum Gasteiger partial charge on any atom is -0.399 e. The summed E-state index contributed by atoms with van der Waals surface area (Å²) in [5.41, 5.74) is 13.0. The molecule has 1 aliphatic rings. The second-order valence-corrected chi connectivity index (χ2v) is 8.87. The van der Waals surface area contributed by atoms with Crippen LogP contribution in [-0.4, -0.2) is 38.1 Å². The van der Waals surface area contributed by atoms with Gasteiger partial charge in [0.2, 0.25) is 5.95 Å². The van der Waals surface area contributed by atoms with E-state index in [0.29, 0.717) is 22.9 Å². The first-order valence-electron chi connectivity index (χ1n) is 11.5. The van der Waals surface area contributed by atoms with E-state index in [0.717, 1.165) is 36.3 Å². The molecule has 0 atom stereocenters. The minimum absolute atomic E-state index is 0.179. The molecule has 0 amide bonds. The first-order valence-corrected chi connectivity index (χ1v) is 11.5. The van der Waals surface area contributed by atoms with Gasteiger partial charge in [0.25, 0.3) is 0 Å². The molecule has 8 heteroatoms. The summed E-state index contributed by atoms with van der Waals surface area (Å²) in [6, 6.07) is 19.3. The number of rotatable bonds is 4. The summed E-state index contributed by atoms with van der Waals surface area (Å²) >= 11 is 0. The molecule has 3 N–H and O–H groups in total. The van der Waals surface area contributed by atoms with Crippen molar-refractivity contribution in [2.75, 3.05) is 24.6 Å². The summed E-state index contributed by atoms with van der Waals surface area (Å²) in [6.07, 6.45) is 4.06. The first kappa shape index (κ1) is 21.2. The molecular weight excluding hydrogens is 441 g/mol. The zero-order valence-electron chi connectivity index (χ0n) is 19.2. The lowest BCUT2D eigenvalue weighted by molar-refractivity contribution is 0.313. The van der Waals surface area contributed by atoms with E-state index < -0.39 is 5.82 Å². The average Bonchev–Trinajstić information content (AvgIpc) is 3.24. The van der Waals surface area contributed by atoms with Crippen LogP contribution in [0.2, 0.25) is 0 Å². The Labute approximate surface area is 202 Å². The third-order valence-corrected chi connectivity index (χ3v) is 6.35. The predicted octanol–water partition coefficient (Wildman–Crippen LogP) is 4.91. The van der Waals surface area contributed by atoms with Crippen molar-refractivity contribution < 1.29 is 4.39 Å². The molecule has 0 radical (unpaired) electrons. The number of anilines is 3. The summed E-state index contributed by atoms with van der Waals surface area (Å²) in [5.74, 6) is -0.203. The van der Waals surface area contributed by atoms with Gasteiger partial charge in [-0.2, -0.15) is 5.10 Å². The standard InChI is InChI=1S/C27H24FN7/c1-34-12-10-17-8-9-21(14-19(17)16-34)31-27-30-15-22(28)26(32-27)24-23-7-2-3-11-35(23)33-25(24)18-5-4-6-20(29)13-18/h2-9,11,13-15H,10,12,16,29H2,1H3,(H,30,31,32). The first-order chi connectivity index (χ1) is 17.0. The molecule has 0 unspecified atom stereocenters. The van der Waals surface area contributed by atoms with Crippen molar-refractivity contribution in [2.45, 2.75) is 13.0 Å². The number of nitrogens with two attached hydrogens (primary N) is 1. The third kappa shape index (κ3) is 3.98. The molecule has 6 rings (SSSR count). The highest BCUT2D eigenvalue weighted by Crippen LogP contribution is 2.36. The Balaban J connectivity index is 1.44. The van der Waals surface area contributed by atoms with E-state index in [2.05, 4.69) is 39.4 Å². The van der Waals surface area contributed by atoms with Gasteiger partial charge < -0.3 is 16.0 Å². The molecule has 7 nitrogen and oxygen atoms in total. The molecule has 3 aromatic heterocycles. The van der Waals surface area contributed by atoms with Crippen LogP contribution in [0, 0.1) is 5.82 Å². The van der Waals surface area contributed by atoms with Crippen LogP contribution in [0.15, 0.2) is 73.1 Å². The largest absolute Gasteiger partial charge is 0.399 e. The Kier molecular flexibility index (Phi) is 5.15. The maximum absolute atomic E-state index is 15.2. The fraction of sp³-hybridized carbons (Fsp3) is 0.148. The molecule has 5 aromatic rings. The van der Waals surface area contributed by atoms with Gasteiger partial charge in [0.05, 0.1) is 17.3 Å². The summed E-state index contributed by atoms with van der Waals surface area (Å²) in [4.78, 5) is 11.1. The highest BCUT2D eigenvalue weighted by molar-refractivity contribution is 5.91. The van der Waals surface area contributed by atoms with Crippen LogP contribution in [0.25, 0.3) is 28.0 Å². The van der Waals surface area contributed by atoms with Crippen LogP contribution in [-0.2, 0) is 13.0 Å². The molecule has 0 saturated carbocycles. The molecule has 35 heavy (non-hydrogen) atoms. The number of hydrogen-bond donors (Lipinski definition) is 2. The number of pyridine rings is 1. The van der Waals surface area contributed by atoms with Crippen LogP contribution in [0.5, 0.6) is 0 Å². The maximum Gasteiger partial charge on any atom is 0.227 e. The normalized spacial score (nSPS) is 13.7. The van der Waals surface area contributed by atoms with Crippen molar-refractivity contribution in [3.8, 4) is 22.5 Å². The molecule has 1 aliphatic heterocycles. The lowest BCUT2D eigenvalue weighted by atomic mass is 9.99. The second-order valence-electron chi connectivity index (χ2n) is 8.87. The van der Waals surface area contributed by atoms with E-state index in [-0.39, 0.29) is 5.69 Å². The third-order valence-electron chi connectivity index (χ3n) is 6.35. The number of likely N-dealkylation sites (N-methyl/N-ethyl adjacent to an activating group) is 1. The summed E-state index contributed by atoms with van der Waals surface area (Å²) in [5, 5.41) is 7.98. The molecule has 0 aliphatic carbocycles. The Bertz CT molecular complexity index is 1560. The topological polar surface area (TPSA) is 84.4 Å². The van der Waals surface area contributed by atoms with E-state index in [9.17, 15) is 0 Å². The SMILES string of the molecule is CN1CCc2ccc(Nc3ncc(F)c(-c4c(-c5cccc(N)c5)nn5ccccc45)n3)cc2C1. The van der Waals surface area contributed by atoms with Crippen LogP contribution in [0.1, 0.15) is 11.1 Å². The number of aromatic nitrogens is 4. The highest BCUT2D eigenvalue weighted by Gasteiger charge is 2.22. The van der Waals surface area contributed by atoms with Gasteiger partial charge in [0.1, 0.15) is 11.4 Å². The zero-order valence-corrected chi connectivity index (χ0v) is 19.2. The van der Waals surface area contributed by atoms with E-state index in [1.54, 1.807) is 4.52 Å². The Hall–Kier alpha value is -4.30.